The van der Waals surface area contributed by atoms with Crippen LogP contribution in [0.3, 0.4) is 0 Å². The van der Waals surface area contributed by atoms with Crippen LogP contribution in [0.2, 0.25) is 0 Å². The van der Waals surface area contributed by atoms with Crippen LogP contribution in [-0.2, 0) is 9.53 Å². The normalized spacial score (nSPS) is 11.4. The molecule has 2 aromatic rings. The molecule has 2 aromatic carbocycles. The van der Waals surface area contributed by atoms with Crippen molar-refractivity contribution in [3.8, 4) is 17.2 Å². The zero-order chi connectivity index (χ0) is 19.8. The summed E-state index contributed by atoms with van der Waals surface area (Å²) < 4.78 is 15.4. The van der Waals surface area contributed by atoms with Crippen LogP contribution in [0, 0.1) is 0 Å². The van der Waals surface area contributed by atoms with Gasteiger partial charge in [-0.3, -0.25) is 9.69 Å². The van der Waals surface area contributed by atoms with Crippen LogP contribution in [0.5, 0.6) is 17.2 Å². The van der Waals surface area contributed by atoms with Gasteiger partial charge in [-0.15, -0.1) is 0 Å². The van der Waals surface area contributed by atoms with Gasteiger partial charge in [0.1, 0.15) is 23.8 Å². The second kappa shape index (κ2) is 9.47. The molecular weight excluding hydrogens is 350 g/mol. The fraction of sp³-hybridized carbons (Fsp3) is 0.300. The number of aromatic hydroxyl groups is 1. The van der Waals surface area contributed by atoms with E-state index in [0.29, 0.717) is 11.5 Å². The van der Waals surface area contributed by atoms with Gasteiger partial charge < -0.3 is 19.3 Å². The zero-order valence-corrected chi connectivity index (χ0v) is 15.5. The van der Waals surface area contributed by atoms with Gasteiger partial charge in [-0.2, -0.15) is 0 Å². The highest BCUT2D eigenvalue weighted by Crippen LogP contribution is 2.24. The Bertz CT molecular complexity index is 757. The molecule has 0 unspecified atom stereocenters. The maximum atomic E-state index is 12.7. The molecule has 0 spiro atoms. The van der Waals surface area contributed by atoms with E-state index in [1.54, 1.807) is 57.4 Å². The number of amides is 1. The standard InChI is InChI=1S/C20H23NO6/c1-4-26-19(23)13-21(14(2)15-5-7-16(22)8-6-15)20(24)27-18-11-9-17(25-3)10-12-18/h5-12,14,22H,4,13H2,1-3H3/t14-/m1/s1. The Morgan fingerprint density at radius 2 is 1.63 bits per heavy atom. The summed E-state index contributed by atoms with van der Waals surface area (Å²) in [5.41, 5.74) is 0.740. The molecule has 0 aromatic heterocycles. The van der Waals surface area contributed by atoms with Crippen molar-refractivity contribution in [2.24, 2.45) is 0 Å². The predicted molar refractivity (Wildman–Crippen MR) is 98.9 cm³/mol. The van der Waals surface area contributed by atoms with Crippen molar-refractivity contribution < 1.29 is 28.9 Å². The number of carbonyl (C=O) groups excluding carboxylic acids is 2. The number of nitrogens with zero attached hydrogens (tertiary/aromatic N) is 1. The quantitative estimate of drug-likeness (QED) is 0.748. The van der Waals surface area contributed by atoms with E-state index in [9.17, 15) is 14.7 Å². The Hall–Kier alpha value is -3.22. The van der Waals surface area contributed by atoms with E-state index in [-0.39, 0.29) is 18.9 Å². The third kappa shape index (κ3) is 5.64. The number of hydrogen-bond donors (Lipinski definition) is 1. The highest BCUT2D eigenvalue weighted by molar-refractivity contribution is 5.79. The fourth-order valence-electron chi connectivity index (χ4n) is 2.44. The number of phenols is 1. The predicted octanol–water partition coefficient (Wildman–Crippen LogP) is 3.53. The van der Waals surface area contributed by atoms with Crippen LogP contribution in [0.4, 0.5) is 4.79 Å². The first-order valence-corrected chi connectivity index (χ1v) is 8.51. The molecule has 27 heavy (non-hydrogen) atoms. The third-order valence-corrected chi connectivity index (χ3v) is 3.95. The molecule has 0 radical (unpaired) electrons. The Morgan fingerprint density at radius 3 is 2.19 bits per heavy atom. The van der Waals surface area contributed by atoms with Crippen LogP contribution < -0.4 is 9.47 Å². The largest absolute Gasteiger partial charge is 0.508 e. The van der Waals surface area contributed by atoms with Crippen LogP contribution in [0.25, 0.3) is 0 Å². The number of methoxy groups -OCH3 is 1. The van der Waals surface area contributed by atoms with Crippen LogP contribution >= 0.6 is 0 Å². The maximum absolute atomic E-state index is 12.7. The van der Waals surface area contributed by atoms with Crippen LogP contribution in [-0.4, -0.2) is 42.3 Å². The lowest BCUT2D eigenvalue weighted by atomic mass is 10.1. The minimum atomic E-state index is -0.686. The topological polar surface area (TPSA) is 85.3 Å². The number of hydrogen-bond acceptors (Lipinski definition) is 6. The van der Waals surface area contributed by atoms with Gasteiger partial charge in [0.05, 0.1) is 19.8 Å². The zero-order valence-electron chi connectivity index (χ0n) is 15.5. The average Bonchev–Trinajstić information content (AvgIpc) is 2.67. The monoisotopic (exact) mass is 373 g/mol. The molecule has 0 aliphatic rings. The SMILES string of the molecule is CCOC(=O)CN(C(=O)Oc1ccc(OC)cc1)[C@H](C)c1ccc(O)cc1. The molecule has 0 saturated heterocycles. The fourth-order valence-corrected chi connectivity index (χ4v) is 2.44. The molecule has 1 amide bonds. The van der Waals surface area contributed by atoms with E-state index in [0.717, 1.165) is 5.56 Å². The van der Waals surface area contributed by atoms with Gasteiger partial charge in [0, 0.05) is 0 Å². The smallest absolute Gasteiger partial charge is 0.416 e. The molecule has 0 bridgehead atoms. The highest BCUT2D eigenvalue weighted by Gasteiger charge is 2.26. The number of phenolic OH excluding ortho intramolecular Hbond substituents is 1. The van der Waals surface area contributed by atoms with Gasteiger partial charge in [-0.25, -0.2) is 4.79 Å². The number of esters is 1. The molecule has 0 aliphatic carbocycles. The van der Waals surface area contributed by atoms with Gasteiger partial charge in [-0.1, -0.05) is 12.1 Å². The first-order valence-electron chi connectivity index (χ1n) is 8.51. The summed E-state index contributed by atoms with van der Waals surface area (Å²) in [6, 6.07) is 12.5. The summed E-state index contributed by atoms with van der Waals surface area (Å²) in [7, 11) is 1.54. The lowest BCUT2D eigenvalue weighted by Gasteiger charge is -2.28. The number of carbonyl (C=O) groups is 2. The van der Waals surface area contributed by atoms with Gasteiger partial charge in [0.2, 0.25) is 0 Å². The van der Waals surface area contributed by atoms with Crippen molar-refractivity contribution in [3.63, 3.8) is 0 Å². The molecule has 1 N–H and O–H groups in total. The van der Waals surface area contributed by atoms with E-state index in [1.165, 1.54) is 17.0 Å². The molecule has 0 saturated carbocycles. The maximum Gasteiger partial charge on any atom is 0.416 e. The lowest BCUT2D eigenvalue weighted by Crippen LogP contribution is -2.40. The minimum absolute atomic E-state index is 0.115. The van der Waals surface area contributed by atoms with Crippen LogP contribution in [0.1, 0.15) is 25.5 Å². The highest BCUT2D eigenvalue weighted by atomic mass is 16.6. The van der Waals surface area contributed by atoms with Crippen molar-refractivity contribution in [2.45, 2.75) is 19.9 Å². The number of rotatable bonds is 7. The molecule has 144 valence electrons. The van der Waals surface area contributed by atoms with E-state index in [2.05, 4.69) is 0 Å². The number of ether oxygens (including phenoxy) is 3. The molecule has 0 heterocycles. The summed E-state index contributed by atoms with van der Waals surface area (Å²) in [5, 5.41) is 9.45. The van der Waals surface area contributed by atoms with Crippen molar-refractivity contribution in [1.82, 2.24) is 4.90 Å². The first kappa shape index (κ1) is 20.1. The molecule has 0 aliphatic heterocycles. The average molecular weight is 373 g/mol. The van der Waals surface area contributed by atoms with E-state index >= 15 is 0 Å². The summed E-state index contributed by atoms with van der Waals surface area (Å²) in [6.45, 7) is 3.42. The summed E-state index contributed by atoms with van der Waals surface area (Å²) in [5.74, 6) is 0.543. The molecule has 0 fully saturated rings. The molecular formula is C20H23NO6. The Balaban J connectivity index is 2.19. The van der Waals surface area contributed by atoms with Crippen molar-refractivity contribution >= 4 is 12.1 Å². The van der Waals surface area contributed by atoms with E-state index in [1.807, 2.05) is 0 Å². The molecule has 1 atom stereocenters. The summed E-state index contributed by atoms with van der Waals surface area (Å²) in [4.78, 5) is 25.9. The number of benzene rings is 2. The van der Waals surface area contributed by atoms with Crippen LogP contribution in [0.15, 0.2) is 48.5 Å². The second-order valence-corrected chi connectivity index (χ2v) is 5.74. The molecule has 2 rings (SSSR count). The van der Waals surface area contributed by atoms with Crippen molar-refractivity contribution in [3.05, 3.63) is 54.1 Å². The van der Waals surface area contributed by atoms with Crippen molar-refractivity contribution in [2.75, 3.05) is 20.3 Å². The van der Waals surface area contributed by atoms with E-state index in [4.69, 9.17) is 14.2 Å². The Morgan fingerprint density at radius 1 is 1.04 bits per heavy atom. The second-order valence-electron chi connectivity index (χ2n) is 5.74. The first-order chi connectivity index (χ1) is 12.9. The Kier molecular flexibility index (Phi) is 7.05. The molecule has 7 heteroatoms. The van der Waals surface area contributed by atoms with Gasteiger partial charge in [0.15, 0.2) is 0 Å². The lowest BCUT2D eigenvalue weighted by molar-refractivity contribution is -0.144. The Labute approximate surface area is 158 Å². The van der Waals surface area contributed by atoms with E-state index < -0.39 is 18.1 Å². The minimum Gasteiger partial charge on any atom is -0.508 e. The third-order valence-electron chi connectivity index (χ3n) is 3.95. The summed E-state index contributed by atoms with van der Waals surface area (Å²) >= 11 is 0. The summed E-state index contributed by atoms with van der Waals surface area (Å²) in [6.07, 6.45) is -0.686. The molecule has 7 nitrogen and oxygen atoms in total. The van der Waals surface area contributed by atoms with Gasteiger partial charge >= 0.3 is 12.1 Å². The van der Waals surface area contributed by atoms with Gasteiger partial charge in [-0.05, 0) is 55.8 Å². The van der Waals surface area contributed by atoms with Crippen molar-refractivity contribution in [1.29, 1.82) is 0 Å². The van der Waals surface area contributed by atoms with Gasteiger partial charge in [0.25, 0.3) is 0 Å².